The van der Waals surface area contributed by atoms with Crippen molar-refractivity contribution in [3.8, 4) is 0 Å². The molecule has 0 aromatic carbocycles. The van der Waals surface area contributed by atoms with Crippen LogP contribution in [0.5, 0.6) is 0 Å². The fourth-order valence-corrected chi connectivity index (χ4v) is 1.59. The highest BCUT2D eigenvalue weighted by molar-refractivity contribution is 5.81. The summed E-state index contributed by atoms with van der Waals surface area (Å²) in [6.07, 6.45) is 4.45. The lowest BCUT2D eigenvalue weighted by molar-refractivity contribution is -0.131. The van der Waals surface area contributed by atoms with Crippen molar-refractivity contribution in [3.63, 3.8) is 0 Å². The molecular weight excluding hydrogens is 256 g/mol. The first-order chi connectivity index (χ1) is 9.30. The van der Waals surface area contributed by atoms with Gasteiger partial charge in [-0.3, -0.25) is 9.59 Å². The van der Waals surface area contributed by atoms with Gasteiger partial charge in [-0.05, 0) is 6.42 Å². The molecule has 0 aliphatic carbocycles. The number of rotatable bonds is 6. The zero-order valence-electron chi connectivity index (χ0n) is 12.7. The number of aromatic amines is 1. The number of hydrogen-bond donors (Lipinski definition) is 2. The first kappa shape index (κ1) is 16.2. The number of imidazole rings is 1. The monoisotopic (exact) mass is 280 g/mol. The van der Waals surface area contributed by atoms with E-state index in [4.69, 9.17) is 0 Å². The number of nitrogens with zero attached hydrogens (tertiary/aromatic N) is 2. The maximum Gasteiger partial charge on any atom is 0.225 e. The summed E-state index contributed by atoms with van der Waals surface area (Å²) in [6, 6.07) is 0. The van der Waals surface area contributed by atoms with E-state index in [9.17, 15) is 9.59 Å². The normalized spacial score (nSPS) is 11.2. The van der Waals surface area contributed by atoms with Crippen LogP contribution in [-0.2, 0) is 16.1 Å². The summed E-state index contributed by atoms with van der Waals surface area (Å²) in [5.41, 5.74) is -0.389. The molecule has 0 aliphatic heterocycles. The lowest BCUT2D eigenvalue weighted by atomic mass is 9.96. The van der Waals surface area contributed by atoms with Gasteiger partial charge in [0.1, 0.15) is 5.82 Å². The fraction of sp³-hybridized carbons (Fsp3) is 0.643. The van der Waals surface area contributed by atoms with E-state index in [1.165, 1.54) is 0 Å². The van der Waals surface area contributed by atoms with Gasteiger partial charge in [0.05, 0.1) is 6.54 Å². The van der Waals surface area contributed by atoms with Crippen LogP contribution in [-0.4, -0.2) is 40.3 Å². The third-order valence-electron chi connectivity index (χ3n) is 2.90. The molecule has 1 aromatic heterocycles. The highest BCUT2D eigenvalue weighted by Gasteiger charge is 2.20. The zero-order chi connectivity index (χ0) is 15.2. The molecular formula is C14H24N4O2. The standard InChI is InChI=1S/C14H24N4O2/c1-14(2,3)13(20)17-7-5-6-12(19)18(4)10-11-15-8-9-16-11/h8-9H,5-7,10H2,1-4H3,(H,15,16)(H,17,20). The Morgan fingerprint density at radius 1 is 1.40 bits per heavy atom. The van der Waals surface area contributed by atoms with E-state index in [1.54, 1.807) is 24.3 Å². The molecule has 112 valence electrons. The highest BCUT2D eigenvalue weighted by Crippen LogP contribution is 2.12. The summed E-state index contributed by atoms with van der Waals surface area (Å²) < 4.78 is 0. The zero-order valence-corrected chi connectivity index (χ0v) is 12.7. The Kier molecular flexibility index (Phi) is 5.73. The summed E-state index contributed by atoms with van der Waals surface area (Å²) in [6.45, 7) is 6.59. The summed E-state index contributed by atoms with van der Waals surface area (Å²) in [5, 5.41) is 2.83. The molecule has 1 rings (SSSR count). The molecule has 0 spiro atoms. The van der Waals surface area contributed by atoms with Crippen LogP contribution in [0, 0.1) is 5.41 Å². The number of carbonyl (C=O) groups is 2. The Morgan fingerprint density at radius 3 is 2.65 bits per heavy atom. The molecule has 0 radical (unpaired) electrons. The van der Waals surface area contributed by atoms with Crippen LogP contribution in [0.2, 0.25) is 0 Å². The van der Waals surface area contributed by atoms with E-state index in [0.29, 0.717) is 25.9 Å². The van der Waals surface area contributed by atoms with Gasteiger partial charge in [-0.25, -0.2) is 4.98 Å². The second-order valence-corrected chi connectivity index (χ2v) is 5.90. The Labute approximate surface area is 120 Å². The highest BCUT2D eigenvalue weighted by atomic mass is 16.2. The Hall–Kier alpha value is -1.85. The minimum atomic E-state index is -0.389. The molecule has 0 atom stereocenters. The summed E-state index contributed by atoms with van der Waals surface area (Å²) in [4.78, 5) is 32.2. The first-order valence-electron chi connectivity index (χ1n) is 6.81. The lowest BCUT2D eigenvalue weighted by Crippen LogP contribution is -2.36. The van der Waals surface area contributed by atoms with Crippen molar-refractivity contribution in [2.24, 2.45) is 5.41 Å². The van der Waals surface area contributed by atoms with E-state index in [-0.39, 0.29) is 17.2 Å². The van der Waals surface area contributed by atoms with Crippen LogP contribution in [0.1, 0.15) is 39.4 Å². The van der Waals surface area contributed by atoms with Crippen molar-refractivity contribution in [1.29, 1.82) is 0 Å². The largest absolute Gasteiger partial charge is 0.356 e. The minimum absolute atomic E-state index is 0.00823. The molecule has 6 heteroatoms. The molecule has 2 N–H and O–H groups in total. The van der Waals surface area contributed by atoms with Crippen LogP contribution in [0.4, 0.5) is 0 Å². The molecule has 1 heterocycles. The average Bonchev–Trinajstić information content (AvgIpc) is 2.85. The van der Waals surface area contributed by atoms with Crippen LogP contribution in [0.3, 0.4) is 0 Å². The van der Waals surface area contributed by atoms with Gasteiger partial charge in [0.25, 0.3) is 0 Å². The van der Waals surface area contributed by atoms with Crippen molar-refractivity contribution in [2.75, 3.05) is 13.6 Å². The molecule has 0 aliphatic rings. The lowest BCUT2D eigenvalue weighted by Gasteiger charge is -2.18. The van der Waals surface area contributed by atoms with Gasteiger partial charge in [-0.1, -0.05) is 20.8 Å². The molecule has 2 amide bonds. The van der Waals surface area contributed by atoms with Gasteiger partial charge >= 0.3 is 0 Å². The van der Waals surface area contributed by atoms with Crippen molar-refractivity contribution >= 4 is 11.8 Å². The number of hydrogen-bond acceptors (Lipinski definition) is 3. The van der Waals surface area contributed by atoms with Gasteiger partial charge in [0, 0.05) is 37.8 Å². The van der Waals surface area contributed by atoms with Crippen LogP contribution < -0.4 is 5.32 Å². The second-order valence-electron chi connectivity index (χ2n) is 5.90. The number of amides is 2. The minimum Gasteiger partial charge on any atom is -0.356 e. The van der Waals surface area contributed by atoms with Crippen LogP contribution >= 0.6 is 0 Å². The number of nitrogens with one attached hydrogen (secondary N) is 2. The molecule has 1 aromatic rings. The van der Waals surface area contributed by atoms with Gasteiger partial charge in [0.15, 0.2) is 0 Å². The fourth-order valence-electron chi connectivity index (χ4n) is 1.59. The molecule has 20 heavy (non-hydrogen) atoms. The first-order valence-corrected chi connectivity index (χ1v) is 6.81. The van der Waals surface area contributed by atoms with Gasteiger partial charge in [-0.2, -0.15) is 0 Å². The molecule has 0 bridgehead atoms. The number of carbonyl (C=O) groups excluding carboxylic acids is 2. The smallest absolute Gasteiger partial charge is 0.225 e. The summed E-state index contributed by atoms with van der Waals surface area (Å²) in [5.74, 6) is 0.821. The topological polar surface area (TPSA) is 78.1 Å². The van der Waals surface area contributed by atoms with Gasteiger partial charge < -0.3 is 15.2 Å². The molecule has 0 saturated heterocycles. The third kappa shape index (κ3) is 5.42. The molecule has 0 saturated carbocycles. The summed E-state index contributed by atoms with van der Waals surface area (Å²) >= 11 is 0. The van der Waals surface area contributed by atoms with E-state index >= 15 is 0 Å². The quantitative estimate of drug-likeness (QED) is 0.771. The van der Waals surface area contributed by atoms with Crippen molar-refractivity contribution in [1.82, 2.24) is 20.2 Å². The van der Waals surface area contributed by atoms with Crippen LogP contribution in [0.25, 0.3) is 0 Å². The summed E-state index contributed by atoms with van der Waals surface area (Å²) in [7, 11) is 1.75. The Morgan fingerprint density at radius 2 is 2.10 bits per heavy atom. The van der Waals surface area contributed by atoms with Gasteiger partial charge in [-0.15, -0.1) is 0 Å². The van der Waals surface area contributed by atoms with Gasteiger partial charge in [0.2, 0.25) is 11.8 Å². The van der Waals surface area contributed by atoms with Crippen molar-refractivity contribution in [3.05, 3.63) is 18.2 Å². The van der Waals surface area contributed by atoms with E-state index in [0.717, 1.165) is 5.82 Å². The van der Waals surface area contributed by atoms with E-state index in [2.05, 4.69) is 15.3 Å². The number of aromatic nitrogens is 2. The van der Waals surface area contributed by atoms with Crippen LogP contribution in [0.15, 0.2) is 12.4 Å². The average molecular weight is 280 g/mol. The Bertz CT molecular complexity index is 435. The Balaban J connectivity index is 2.21. The van der Waals surface area contributed by atoms with E-state index in [1.807, 2.05) is 20.8 Å². The SMILES string of the molecule is CN(Cc1ncc[nH]1)C(=O)CCCNC(=O)C(C)(C)C. The maximum atomic E-state index is 11.9. The number of H-pyrrole nitrogens is 1. The van der Waals surface area contributed by atoms with Crippen molar-refractivity contribution < 1.29 is 9.59 Å². The maximum absolute atomic E-state index is 11.9. The molecule has 6 nitrogen and oxygen atoms in total. The third-order valence-corrected chi connectivity index (χ3v) is 2.90. The predicted molar refractivity (Wildman–Crippen MR) is 76.8 cm³/mol. The van der Waals surface area contributed by atoms with Crippen molar-refractivity contribution in [2.45, 2.75) is 40.2 Å². The molecule has 0 unspecified atom stereocenters. The van der Waals surface area contributed by atoms with E-state index < -0.39 is 0 Å². The second kappa shape index (κ2) is 7.07. The predicted octanol–water partition coefficient (Wildman–Crippen LogP) is 1.31. The molecule has 0 fully saturated rings.